The maximum atomic E-state index is 5.16. The summed E-state index contributed by atoms with van der Waals surface area (Å²) in [5.74, 6) is 0.927. The summed E-state index contributed by atoms with van der Waals surface area (Å²) < 4.78 is 5.16. The van der Waals surface area contributed by atoms with Gasteiger partial charge in [0.1, 0.15) is 0 Å². The van der Waals surface area contributed by atoms with Crippen LogP contribution in [0.5, 0.6) is 0 Å². The first-order valence-electron chi connectivity index (χ1n) is 8.17. The largest absolute Gasteiger partial charge is 0.385 e. The molecule has 112 valence electrons. The molecule has 0 radical (unpaired) electrons. The number of hydrogen-bond acceptors (Lipinski definition) is 3. The molecule has 0 spiro atoms. The van der Waals surface area contributed by atoms with E-state index >= 15 is 0 Å². The van der Waals surface area contributed by atoms with Crippen molar-refractivity contribution in [3.8, 4) is 0 Å². The highest BCUT2D eigenvalue weighted by atomic mass is 16.5. The summed E-state index contributed by atoms with van der Waals surface area (Å²) in [6.07, 6.45) is 7.95. The van der Waals surface area contributed by atoms with Crippen LogP contribution in [-0.4, -0.2) is 49.8 Å². The van der Waals surface area contributed by atoms with Crippen LogP contribution in [0.15, 0.2) is 0 Å². The van der Waals surface area contributed by atoms with Crippen molar-refractivity contribution in [3.05, 3.63) is 0 Å². The monoisotopic (exact) mass is 268 g/mol. The van der Waals surface area contributed by atoms with Crippen LogP contribution in [0, 0.1) is 5.92 Å². The van der Waals surface area contributed by atoms with Crippen molar-refractivity contribution in [3.63, 3.8) is 0 Å². The number of nitrogens with zero attached hydrogens (tertiary/aromatic N) is 1. The molecular weight excluding hydrogens is 236 g/mol. The summed E-state index contributed by atoms with van der Waals surface area (Å²) in [5.41, 5.74) is 0.380. The van der Waals surface area contributed by atoms with Crippen molar-refractivity contribution < 1.29 is 4.74 Å². The second kappa shape index (κ2) is 7.05. The van der Waals surface area contributed by atoms with Crippen LogP contribution >= 0.6 is 0 Å². The van der Waals surface area contributed by atoms with Crippen molar-refractivity contribution in [1.29, 1.82) is 0 Å². The van der Waals surface area contributed by atoms with Crippen molar-refractivity contribution in [2.75, 3.05) is 33.4 Å². The van der Waals surface area contributed by atoms with E-state index < -0.39 is 0 Å². The fraction of sp³-hybridized carbons (Fsp3) is 1.00. The van der Waals surface area contributed by atoms with E-state index in [4.69, 9.17) is 4.74 Å². The lowest BCUT2D eigenvalue weighted by Crippen LogP contribution is -2.64. The summed E-state index contributed by atoms with van der Waals surface area (Å²) in [4.78, 5) is 2.76. The van der Waals surface area contributed by atoms with Gasteiger partial charge < -0.3 is 10.1 Å². The predicted molar refractivity (Wildman–Crippen MR) is 80.5 cm³/mol. The topological polar surface area (TPSA) is 24.5 Å². The van der Waals surface area contributed by atoms with E-state index in [2.05, 4.69) is 24.1 Å². The molecule has 1 saturated heterocycles. The Kier molecular flexibility index (Phi) is 5.67. The van der Waals surface area contributed by atoms with Gasteiger partial charge in [-0.15, -0.1) is 0 Å². The van der Waals surface area contributed by atoms with E-state index in [9.17, 15) is 0 Å². The van der Waals surface area contributed by atoms with Crippen molar-refractivity contribution in [1.82, 2.24) is 10.2 Å². The molecule has 3 nitrogen and oxygen atoms in total. The minimum absolute atomic E-state index is 0.380. The summed E-state index contributed by atoms with van der Waals surface area (Å²) in [5, 5.41) is 3.86. The molecule has 3 heteroatoms. The molecule has 0 amide bonds. The Balaban J connectivity index is 1.84. The zero-order valence-electron chi connectivity index (χ0n) is 13.1. The van der Waals surface area contributed by atoms with Gasteiger partial charge in [-0.3, -0.25) is 4.90 Å². The lowest BCUT2D eigenvalue weighted by molar-refractivity contribution is 0.0665. The van der Waals surface area contributed by atoms with Gasteiger partial charge in [-0.1, -0.05) is 13.3 Å². The average Bonchev–Trinajstić information content (AvgIpc) is 3.23. The van der Waals surface area contributed by atoms with Gasteiger partial charge in [-0.05, 0) is 51.5 Å². The van der Waals surface area contributed by atoms with Gasteiger partial charge in [-0.25, -0.2) is 0 Å². The summed E-state index contributed by atoms with van der Waals surface area (Å²) >= 11 is 0. The molecule has 1 heterocycles. The van der Waals surface area contributed by atoms with E-state index in [-0.39, 0.29) is 0 Å². The van der Waals surface area contributed by atoms with Crippen molar-refractivity contribution in [2.45, 2.75) is 64.0 Å². The van der Waals surface area contributed by atoms with E-state index in [1.165, 1.54) is 58.2 Å². The van der Waals surface area contributed by atoms with Crippen LogP contribution in [0.3, 0.4) is 0 Å². The van der Waals surface area contributed by atoms with Gasteiger partial charge >= 0.3 is 0 Å². The van der Waals surface area contributed by atoms with Crippen LogP contribution in [0.2, 0.25) is 0 Å². The van der Waals surface area contributed by atoms with Crippen molar-refractivity contribution in [2.24, 2.45) is 5.92 Å². The van der Waals surface area contributed by atoms with Crippen LogP contribution in [0.25, 0.3) is 0 Å². The highest BCUT2D eigenvalue weighted by Gasteiger charge is 2.45. The molecule has 1 saturated carbocycles. The van der Waals surface area contributed by atoms with E-state index in [0.29, 0.717) is 5.54 Å². The minimum Gasteiger partial charge on any atom is -0.385 e. The molecule has 2 atom stereocenters. The van der Waals surface area contributed by atoms with Gasteiger partial charge in [0.25, 0.3) is 0 Å². The van der Waals surface area contributed by atoms with Gasteiger partial charge in [0, 0.05) is 38.4 Å². The second-order valence-electron chi connectivity index (χ2n) is 6.69. The normalized spacial score (nSPS) is 32.7. The highest BCUT2D eigenvalue weighted by Crippen LogP contribution is 2.41. The van der Waals surface area contributed by atoms with Crippen LogP contribution in [0.4, 0.5) is 0 Å². The first kappa shape index (κ1) is 15.3. The number of nitrogens with one attached hydrogen (secondary N) is 1. The number of ether oxygens (including phenoxy) is 1. The molecule has 0 aromatic carbocycles. The Morgan fingerprint density at radius 1 is 1.32 bits per heavy atom. The molecule has 1 aliphatic heterocycles. The fourth-order valence-corrected chi connectivity index (χ4v) is 3.52. The number of unbranched alkanes of at least 4 members (excludes halogenated alkanes) is 1. The average molecular weight is 268 g/mol. The molecule has 0 aromatic rings. The van der Waals surface area contributed by atoms with Crippen LogP contribution in [0.1, 0.15) is 52.4 Å². The molecule has 1 N–H and O–H groups in total. The minimum atomic E-state index is 0.380. The third-order valence-electron chi connectivity index (χ3n) is 4.93. The van der Waals surface area contributed by atoms with E-state index in [1.807, 2.05) is 0 Å². The van der Waals surface area contributed by atoms with E-state index in [0.717, 1.165) is 18.6 Å². The smallest absolute Gasteiger partial charge is 0.0462 e. The molecule has 2 aliphatic rings. The van der Waals surface area contributed by atoms with E-state index in [1.54, 1.807) is 7.11 Å². The Morgan fingerprint density at radius 3 is 2.74 bits per heavy atom. The lowest BCUT2D eigenvalue weighted by Gasteiger charge is -2.47. The summed E-state index contributed by atoms with van der Waals surface area (Å²) in [7, 11) is 1.80. The predicted octanol–water partition coefficient (Wildman–Crippen LogP) is 2.66. The number of hydrogen-bond donors (Lipinski definition) is 1. The summed E-state index contributed by atoms with van der Waals surface area (Å²) in [6, 6.07) is 0.749. The zero-order valence-corrected chi connectivity index (χ0v) is 13.1. The molecule has 0 aromatic heterocycles. The molecule has 1 aliphatic carbocycles. The fourth-order valence-electron chi connectivity index (χ4n) is 3.52. The van der Waals surface area contributed by atoms with Crippen molar-refractivity contribution >= 4 is 0 Å². The molecule has 0 bridgehead atoms. The standard InChI is InChI=1S/C16H32N2O/c1-4-7-15-12-17-16(2,14-8-9-14)13-18(15)10-5-6-11-19-3/h14-15,17H,4-13H2,1-3H3. The van der Waals surface area contributed by atoms with Gasteiger partial charge in [-0.2, -0.15) is 0 Å². The Labute approximate surface area is 119 Å². The van der Waals surface area contributed by atoms with Gasteiger partial charge in [0.15, 0.2) is 0 Å². The van der Waals surface area contributed by atoms with Crippen LogP contribution in [-0.2, 0) is 4.74 Å². The number of piperazine rings is 1. The lowest BCUT2D eigenvalue weighted by atomic mass is 9.90. The maximum absolute atomic E-state index is 5.16. The van der Waals surface area contributed by atoms with Gasteiger partial charge in [0.05, 0.1) is 0 Å². The third kappa shape index (κ3) is 4.17. The second-order valence-corrected chi connectivity index (χ2v) is 6.69. The van der Waals surface area contributed by atoms with Gasteiger partial charge in [0.2, 0.25) is 0 Å². The quantitative estimate of drug-likeness (QED) is 0.685. The summed E-state index contributed by atoms with van der Waals surface area (Å²) in [6.45, 7) is 9.33. The Hall–Kier alpha value is -0.120. The zero-order chi connectivity index (χ0) is 13.7. The Bertz CT molecular complexity index is 267. The number of rotatable bonds is 8. The highest BCUT2D eigenvalue weighted by molar-refractivity contribution is 5.03. The molecular formula is C16H32N2O. The molecule has 2 rings (SSSR count). The third-order valence-corrected chi connectivity index (χ3v) is 4.93. The molecule has 2 unspecified atom stereocenters. The first-order chi connectivity index (χ1) is 9.19. The first-order valence-corrected chi connectivity index (χ1v) is 8.17. The SMILES string of the molecule is CCCC1CNC(C)(C2CC2)CN1CCCCOC. The Morgan fingerprint density at radius 2 is 2.11 bits per heavy atom. The molecule has 2 fully saturated rings. The maximum Gasteiger partial charge on any atom is 0.0462 e. The number of methoxy groups -OCH3 is 1. The molecule has 19 heavy (non-hydrogen) atoms. The van der Waals surface area contributed by atoms with Crippen LogP contribution < -0.4 is 5.32 Å².